The summed E-state index contributed by atoms with van der Waals surface area (Å²) in [6.07, 6.45) is 2.10. The van der Waals surface area contributed by atoms with E-state index < -0.39 is 11.6 Å². The van der Waals surface area contributed by atoms with Gasteiger partial charge in [0.15, 0.2) is 0 Å². The van der Waals surface area contributed by atoms with Crippen LogP contribution in [0.5, 0.6) is 0 Å². The lowest BCUT2D eigenvalue weighted by molar-refractivity contribution is 0.523. The third kappa shape index (κ3) is 3.26. The molecule has 1 atom stereocenters. The summed E-state index contributed by atoms with van der Waals surface area (Å²) in [6, 6.07) is 6.66. The number of nitrogen functional groups attached to an aromatic ring is 1. The minimum absolute atomic E-state index is 0.304. The largest absolute Gasteiger partial charge is 0.384 e. The Morgan fingerprint density at radius 1 is 1.26 bits per heavy atom. The number of likely N-dealkylation sites (N-methyl/N-ethyl adjacent to an activating group) is 1. The highest BCUT2D eigenvalue weighted by molar-refractivity contribution is 5.33. The van der Waals surface area contributed by atoms with E-state index in [-0.39, 0.29) is 6.04 Å². The van der Waals surface area contributed by atoms with Crippen LogP contribution < -0.4 is 11.1 Å². The third-order valence-corrected chi connectivity index (χ3v) is 2.97. The molecular formula is C14H15F2N3. The van der Waals surface area contributed by atoms with Gasteiger partial charge in [-0.25, -0.2) is 13.8 Å². The SMILES string of the molecule is CNC(Cc1ccnc(N)c1)c1cc(F)ccc1F. The summed E-state index contributed by atoms with van der Waals surface area (Å²) < 4.78 is 27.0. The predicted molar refractivity (Wildman–Crippen MR) is 70.5 cm³/mol. The molecule has 1 aromatic heterocycles. The molecule has 0 aliphatic carbocycles. The molecule has 5 heteroatoms. The van der Waals surface area contributed by atoms with Crippen LogP contribution in [0.1, 0.15) is 17.2 Å². The van der Waals surface area contributed by atoms with Crippen LogP contribution in [0.15, 0.2) is 36.5 Å². The van der Waals surface area contributed by atoms with Gasteiger partial charge in [-0.15, -0.1) is 0 Å². The summed E-state index contributed by atoms with van der Waals surface area (Å²) in [4.78, 5) is 3.90. The number of nitrogens with one attached hydrogen (secondary N) is 1. The Labute approximate surface area is 110 Å². The Balaban J connectivity index is 2.27. The highest BCUT2D eigenvalue weighted by Gasteiger charge is 2.15. The molecule has 0 aliphatic heterocycles. The molecule has 100 valence electrons. The molecule has 1 heterocycles. The molecule has 0 saturated carbocycles. The van der Waals surface area contributed by atoms with Crippen LogP contribution in [0.4, 0.5) is 14.6 Å². The fourth-order valence-electron chi connectivity index (χ4n) is 2.01. The van der Waals surface area contributed by atoms with Crippen molar-refractivity contribution in [3.63, 3.8) is 0 Å². The maximum absolute atomic E-state index is 13.7. The summed E-state index contributed by atoms with van der Waals surface area (Å²) in [7, 11) is 1.71. The van der Waals surface area contributed by atoms with Gasteiger partial charge in [0, 0.05) is 17.8 Å². The van der Waals surface area contributed by atoms with Gasteiger partial charge in [0.1, 0.15) is 17.5 Å². The van der Waals surface area contributed by atoms with Crippen LogP contribution in [0.3, 0.4) is 0 Å². The Hall–Kier alpha value is -2.01. The van der Waals surface area contributed by atoms with E-state index in [1.807, 2.05) is 0 Å². The number of pyridine rings is 1. The van der Waals surface area contributed by atoms with Crippen LogP contribution in [0.2, 0.25) is 0 Å². The molecule has 1 unspecified atom stereocenters. The van der Waals surface area contributed by atoms with Crippen molar-refractivity contribution >= 4 is 5.82 Å². The zero-order chi connectivity index (χ0) is 13.8. The van der Waals surface area contributed by atoms with Crippen LogP contribution in [0, 0.1) is 11.6 Å². The molecule has 3 N–H and O–H groups in total. The Bertz CT molecular complexity index is 572. The first-order valence-electron chi connectivity index (χ1n) is 5.92. The Morgan fingerprint density at radius 2 is 2.05 bits per heavy atom. The number of halogens is 2. The van der Waals surface area contributed by atoms with Crippen LogP contribution >= 0.6 is 0 Å². The van der Waals surface area contributed by atoms with E-state index >= 15 is 0 Å². The first-order chi connectivity index (χ1) is 9.10. The van der Waals surface area contributed by atoms with Gasteiger partial charge < -0.3 is 11.1 Å². The zero-order valence-electron chi connectivity index (χ0n) is 10.5. The quantitative estimate of drug-likeness (QED) is 0.890. The first-order valence-corrected chi connectivity index (χ1v) is 5.92. The molecule has 0 spiro atoms. The lowest BCUT2D eigenvalue weighted by Crippen LogP contribution is -2.20. The van der Waals surface area contributed by atoms with Crippen molar-refractivity contribution in [3.05, 3.63) is 59.3 Å². The van der Waals surface area contributed by atoms with Gasteiger partial charge >= 0.3 is 0 Å². The number of rotatable bonds is 4. The predicted octanol–water partition coefficient (Wildman–Crippen LogP) is 2.45. The number of aromatic nitrogens is 1. The molecule has 1 aromatic carbocycles. The number of hydrogen-bond acceptors (Lipinski definition) is 3. The van der Waals surface area contributed by atoms with E-state index in [1.54, 1.807) is 25.4 Å². The minimum Gasteiger partial charge on any atom is -0.384 e. The van der Waals surface area contributed by atoms with Crippen molar-refractivity contribution in [2.24, 2.45) is 0 Å². The molecule has 0 saturated heterocycles. The van der Waals surface area contributed by atoms with Crippen molar-refractivity contribution in [2.75, 3.05) is 12.8 Å². The minimum atomic E-state index is -0.453. The number of anilines is 1. The van der Waals surface area contributed by atoms with Crippen molar-refractivity contribution in [1.82, 2.24) is 10.3 Å². The summed E-state index contributed by atoms with van der Waals surface area (Å²) >= 11 is 0. The molecule has 2 rings (SSSR count). The fourth-order valence-corrected chi connectivity index (χ4v) is 2.01. The maximum Gasteiger partial charge on any atom is 0.128 e. The van der Waals surface area contributed by atoms with Gasteiger partial charge in [-0.3, -0.25) is 0 Å². The molecule has 0 fully saturated rings. The van der Waals surface area contributed by atoms with Crippen LogP contribution in [0.25, 0.3) is 0 Å². The fraction of sp³-hybridized carbons (Fsp3) is 0.214. The lowest BCUT2D eigenvalue weighted by atomic mass is 9.99. The maximum atomic E-state index is 13.7. The number of nitrogens with zero attached hydrogens (tertiary/aromatic N) is 1. The summed E-state index contributed by atoms with van der Waals surface area (Å²) in [5, 5.41) is 2.99. The topological polar surface area (TPSA) is 50.9 Å². The number of benzene rings is 1. The van der Waals surface area contributed by atoms with E-state index in [1.165, 1.54) is 6.07 Å². The Kier molecular flexibility index (Phi) is 4.06. The van der Waals surface area contributed by atoms with Crippen molar-refractivity contribution in [1.29, 1.82) is 0 Å². The molecule has 19 heavy (non-hydrogen) atoms. The van der Waals surface area contributed by atoms with E-state index in [0.717, 1.165) is 17.7 Å². The smallest absolute Gasteiger partial charge is 0.128 e. The third-order valence-electron chi connectivity index (χ3n) is 2.97. The molecule has 3 nitrogen and oxygen atoms in total. The monoisotopic (exact) mass is 263 g/mol. The average Bonchev–Trinajstić information content (AvgIpc) is 2.39. The highest BCUT2D eigenvalue weighted by Crippen LogP contribution is 2.22. The van der Waals surface area contributed by atoms with Gasteiger partial charge in [0.2, 0.25) is 0 Å². The van der Waals surface area contributed by atoms with Gasteiger partial charge in [0.25, 0.3) is 0 Å². The molecule has 0 radical (unpaired) electrons. The van der Waals surface area contributed by atoms with E-state index in [0.29, 0.717) is 17.8 Å². The van der Waals surface area contributed by atoms with Gasteiger partial charge in [-0.1, -0.05) is 0 Å². The second-order valence-corrected chi connectivity index (χ2v) is 4.30. The second-order valence-electron chi connectivity index (χ2n) is 4.30. The van der Waals surface area contributed by atoms with Crippen LogP contribution in [-0.4, -0.2) is 12.0 Å². The average molecular weight is 263 g/mol. The normalized spacial score (nSPS) is 12.4. The molecule has 0 bridgehead atoms. The Morgan fingerprint density at radius 3 is 2.74 bits per heavy atom. The molecular weight excluding hydrogens is 248 g/mol. The first kappa shape index (κ1) is 13.4. The van der Waals surface area contributed by atoms with E-state index in [9.17, 15) is 8.78 Å². The zero-order valence-corrected chi connectivity index (χ0v) is 10.5. The van der Waals surface area contributed by atoms with E-state index in [4.69, 9.17) is 5.73 Å². The number of hydrogen-bond donors (Lipinski definition) is 2. The van der Waals surface area contributed by atoms with Crippen molar-refractivity contribution < 1.29 is 8.78 Å². The standard InChI is InChI=1S/C14H15F2N3/c1-18-13(6-9-4-5-19-14(17)7-9)11-8-10(15)2-3-12(11)16/h2-5,7-8,13,18H,6H2,1H3,(H2,17,19). The number of nitrogens with two attached hydrogens (primary N) is 1. The summed E-state index contributed by atoms with van der Waals surface area (Å²) in [5.74, 6) is -0.472. The van der Waals surface area contributed by atoms with Gasteiger partial charge in [-0.05, 0) is 49.4 Å². The van der Waals surface area contributed by atoms with Crippen molar-refractivity contribution in [3.8, 4) is 0 Å². The second kappa shape index (κ2) is 5.75. The highest BCUT2D eigenvalue weighted by atomic mass is 19.1. The molecule has 2 aromatic rings. The summed E-state index contributed by atoms with van der Waals surface area (Å²) in [6.45, 7) is 0. The van der Waals surface area contributed by atoms with Gasteiger partial charge in [-0.2, -0.15) is 0 Å². The van der Waals surface area contributed by atoms with Crippen molar-refractivity contribution in [2.45, 2.75) is 12.5 Å². The molecule has 0 aliphatic rings. The molecule has 0 amide bonds. The summed E-state index contributed by atoms with van der Waals surface area (Å²) in [5.41, 5.74) is 6.82. The van der Waals surface area contributed by atoms with E-state index in [2.05, 4.69) is 10.3 Å². The van der Waals surface area contributed by atoms with Gasteiger partial charge in [0.05, 0.1) is 0 Å². The van der Waals surface area contributed by atoms with Crippen LogP contribution in [-0.2, 0) is 6.42 Å². The lowest BCUT2D eigenvalue weighted by Gasteiger charge is -2.17.